The van der Waals surface area contributed by atoms with Crippen LogP contribution in [0.25, 0.3) is 0 Å². The van der Waals surface area contributed by atoms with Crippen molar-refractivity contribution in [2.24, 2.45) is 10.9 Å². The fourth-order valence-corrected chi connectivity index (χ4v) is 2.18. The maximum Gasteiger partial charge on any atom is 0.210 e. The van der Waals surface area contributed by atoms with Gasteiger partial charge in [0.05, 0.1) is 12.4 Å². The summed E-state index contributed by atoms with van der Waals surface area (Å²) in [5.74, 6) is -0.200. The number of nitrogens with one attached hydrogen (secondary N) is 1. The molecule has 6 nitrogen and oxygen atoms in total. The molecule has 1 aliphatic heterocycles. The van der Waals surface area contributed by atoms with Crippen molar-refractivity contribution >= 4 is 22.5 Å². The Balaban J connectivity index is 2.11. The summed E-state index contributed by atoms with van der Waals surface area (Å²) in [6, 6.07) is 0. The molecule has 2 rings (SSSR count). The van der Waals surface area contributed by atoms with Crippen LogP contribution >= 0.6 is 0 Å². The van der Waals surface area contributed by atoms with Crippen molar-refractivity contribution in [1.29, 1.82) is 0 Å². The first-order valence-electron chi connectivity index (χ1n) is 5.32. The highest BCUT2D eigenvalue weighted by atomic mass is 32.2. The molecule has 7 heteroatoms. The van der Waals surface area contributed by atoms with Crippen LogP contribution in [0, 0.1) is 5.92 Å². The normalized spacial score (nSPS) is 28.6. The average molecular weight is 258 g/mol. The van der Waals surface area contributed by atoms with Gasteiger partial charge in [0.2, 0.25) is 10.0 Å². The third-order valence-electron chi connectivity index (χ3n) is 2.46. The zero-order chi connectivity index (χ0) is 12.5. The van der Waals surface area contributed by atoms with Gasteiger partial charge in [-0.05, 0) is 18.9 Å². The van der Waals surface area contributed by atoms with E-state index in [1.165, 1.54) is 6.21 Å². The number of carbonyl (C=O) groups is 1. The van der Waals surface area contributed by atoms with Crippen LogP contribution in [0.2, 0.25) is 0 Å². The zero-order valence-electron chi connectivity index (χ0n) is 9.37. The summed E-state index contributed by atoms with van der Waals surface area (Å²) >= 11 is 0. The number of hydrogen-bond donors (Lipinski definition) is 1. The summed E-state index contributed by atoms with van der Waals surface area (Å²) in [5, 5.41) is 0. The Morgan fingerprint density at radius 3 is 2.76 bits per heavy atom. The van der Waals surface area contributed by atoms with Crippen molar-refractivity contribution in [3.8, 4) is 0 Å². The molecule has 2 unspecified atom stereocenters. The molecule has 0 amide bonds. The third-order valence-corrected chi connectivity index (χ3v) is 3.13. The van der Waals surface area contributed by atoms with E-state index < -0.39 is 22.1 Å². The summed E-state index contributed by atoms with van der Waals surface area (Å²) in [6.45, 7) is 0. The predicted octanol–water partition coefficient (Wildman–Crippen LogP) is -0.176. The van der Waals surface area contributed by atoms with Gasteiger partial charge in [0, 0.05) is 6.21 Å². The van der Waals surface area contributed by atoms with Gasteiger partial charge in [0.25, 0.3) is 0 Å². The minimum atomic E-state index is -3.41. The lowest BCUT2D eigenvalue weighted by Gasteiger charge is -2.24. The van der Waals surface area contributed by atoms with Crippen LogP contribution in [0.3, 0.4) is 0 Å². The second-order valence-electron chi connectivity index (χ2n) is 4.18. The van der Waals surface area contributed by atoms with Gasteiger partial charge >= 0.3 is 0 Å². The number of dihydropyridines is 1. The summed E-state index contributed by atoms with van der Waals surface area (Å²) < 4.78 is 30.1. The molecule has 1 fully saturated rings. The molecule has 0 bridgehead atoms. The Kier molecular flexibility index (Phi) is 3.30. The Morgan fingerprint density at radius 1 is 1.53 bits per heavy atom. The van der Waals surface area contributed by atoms with Crippen molar-refractivity contribution < 1.29 is 17.9 Å². The first kappa shape index (κ1) is 12.3. The Bertz CT molecular complexity index is 465. The zero-order valence-corrected chi connectivity index (χ0v) is 10.2. The topological polar surface area (TPSA) is 84.8 Å². The van der Waals surface area contributed by atoms with Crippen LogP contribution in [-0.2, 0) is 19.6 Å². The van der Waals surface area contributed by atoms with Gasteiger partial charge < -0.3 is 9.53 Å². The van der Waals surface area contributed by atoms with Gasteiger partial charge in [-0.25, -0.2) is 8.42 Å². The van der Waals surface area contributed by atoms with E-state index in [1.54, 1.807) is 6.08 Å². The Hall–Kier alpha value is -1.21. The quantitative estimate of drug-likeness (QED) is 0.693. The highest BCUT2D eigenvalue weighted by Gasteiger charge is 2.33. The molecule has 2 aliphatic rings. The van der Waals surface area contributed by atoms with E-state index in [1.807, 2.05) is 0 Å². The van der Waals surface area contributed by atoms with Crippen molar-refractivity contribution in [3.05, 3.63) is 11.8 Å². The van der Waals surface area contributed by atoms with Gasteiger partial charge in [0.15, 0.2) is 0 Å². The first-order valence-corrected chi connectivity index (χ1v) is 7.21. The smallest absolute Gasteiger partial charge is 0.210 e. The van der Waals surface area contributed by atoms with Crippen molar-refractivity contribution in [3.63, 3.8) is 0 Å². The van der Waals surface area contributed by atoms with Crippen LogP contribution in [0.1, 0.15) is 12.8 Å². The van der Waals surface area contributed by atoms with E-state index in [0.29, 0.717) is 12.0 Å². The van der Waals surface area contributed by atoms with Crippen molar-refractivity contribution in [2.45, 2.75) is 25.1 Å². The number of aldehydes is 1. The Morgan fingerprint density at radius 2 is 2.24 bits per heavy atom. The van der Waals surface area contributed by atoms with E-state index in [2.05, 4.69) is 9.71 Å². The number of allylic oxidation sites excluding steroid dienone is 1. The molecule has 0 aromatic carbocycles. The average Bonchev–Trinajstić information content (AvgIpc) is 2.99. The highest BCUT2D eigenvalue weighted by molar-refractivity contribution is 7.88. The van der Waals surface area contributed by atoms with E-state index >= 15 is 0 Å². The van der Waals surface area contributed by atoms with Crippen LogP contribution < -0.4 is 4.72 Å². The second kappa shape index (κ2) is 4.58. The molecule has 1 aliphatic carbocycles. The second-order valence-corrected chi connectivity index (χ2v) is 5.96. The minimum Gasteiger partial charge on any atom is -0.494 e. The van der Waals surface area contributed by atoms with Gasteiger partial charge in [0.1, 0.15) is 24.1 Å². The van der Waals surface area contributed by atoms with Gasteiger partial charge in [-0.2, -0.15) is 4.72 Å². The lowest BCUT2D eigenvalue weighted by molar-refractivity contribution is -0.111. The van der Waals surface area contributed by atoms with Crippen LogP contribution in [-0.4, -0.2) is 39.4 Å². The maximum atomic E-state index is 11.1. The molecule has 0 spiro atoms. The first-order chi connectivity index (χ1) is 7.99. The fourth-order valence-electron chi connectivity index (χ4n) is 1.53. The number of carbonyl (C=O) groups excluding carboxylic acids is 1. The molecule has 17 heavy (non-hydrogen) atoms. The van der Waals surface area contributed by atoms with Crippen LogP contribution in [0.5, 0.6) is 0 Å². The third kappa shape index (κ3) is 3.37. The maximum absolute atomic E-state index is 11.1. The van der Waals surface area contributed by atoms with E-state index in [-0.39, 0.29) is 6.10 Å². The number of aliphatic imine (C=N–C) groups is 1. The largest absolute Gasteiger partial charge is 0.494 e. The molecular weight excluding hydrogens is 244 g/mol. The minimum absolute atomic E-state index is 0.161. The van der Waals surface area contributed by atoms with Gasteiger partial charge in [-0.3, -0.25) is 4.99 Å². The molecule has 1 N–H and O–H groups in total. The van der Waals surface area contributed by atoms with Crippen molar-refractivity contribution in [2.75, 3.05) is 6.26 Å². The molecule has 1 saturated carbocycles. The molecule has 0 aromatic heterocycles. The lowest BCUT2D eigenvalue weighted by Crippen LogP contribution is -2.41. The number of rotatable bonds is 5. The molecule has 0 saturated heterocycles. The van der Waals surface area contributed by atoms with E-state index in [9.17, 15) is 13.2 Å². The monoisotopic (exact) mass is 258 g/mol. The molecule has 0 aromatic rings. The summed E-state index contributed by atoms with van der Waals surface area (Å²) in [6.07, 6.45) is 6.07. The number of nitrogens with zero attached hydrogens (tertiary/aromatic N) is 1. The fraction of sp³-hybridized carbons (Fsp3) is 0.600. The predicted molar refractivity (Wildman–Crippen MR) is 62.0 cm³/mol. The number of ether oxygens (including phenoxy) is 1. The van der Waals surface area contributed by atoms with Crippen LogP contribution in [0.4, 0.5) is 0 Å². The summed E-state index contributed by atoms with van der Waals surface area (Å²) in [5.41, 5.74) is 0. The van der Waals surface area contributed by atoms with Crippen molar-refractivity contribution in [1.82, 2.24) is 4.72 Å². The summed E-state index contributed by atoms with van der Waals surface area (Å²) in [4.78, 5) is 15.0. The lowest BCUT2D eigenvalue weighted by atomic mass is 10.0. The molecule has 0 radical (unpaired) electrons. The number of hydrogen-bond acceptors (Lipinski definition) is 5. The summed E-state index contributed by atoms with van der Waals surface area (Å²) in [7, 11) is -3.41. The van der Waals surface area contributed by atoms with Gasteiger partial charge in [-0.1, -0.05) is 0 Å². The standard InChI is InChI=1S/C10H14N2O4S/c1-17(14,15)12-10-8(6-13)9(4-5-11-10)16-7-2-3-7/h4-8,10,12H,2-3H2,1H3. The molecular formula is C10H14N2O4S. The highest BCUT2D eigenvalue weighted by Crippen LogP contribution is 2.30. The van der Waals surface area contributed by atoms with E-state index in [0.717, 1.165) is 19.1 Å². The SMILES string of the molecule is CS(=O)(=O)NC1N=CC=C(OC2CC2)C1C=O. The van der Waals surface area contributed by atoms with Crippen LogP contribution in [0.15, 0.2) is 16.8 Å². The molecule has 2 atom stereocenters. The molecule has 1 heterocycles. The van der Waals surface area contributed by atoms with Gasteiger partial charge in [-0.15, -0.1) is 0 Å². The van der Waals surface area contributed by atoms with E-state index in [4.69, 9.17) is 4.74 Å². The number of sulfonamides is 1. The molecule has 94 valence electrons. The Labute approximate surface area is 99.8 Å².